The molecule has 0 unspecified atom stereocenters. The second kappa shape index (κ2) is 6.96. The van der Waals surface area contributed by atoms with Crippen LogP contribution in [-0.2, 0) is 13.0 Å². The van der Waals surface area contributed by atoms with Gasteiger partial charge in [-0.25, -0.2) is 9.18 Å². The number of nitrogens with zero attached hydrogens (tertiary/aromatic N) is 2. The van der Waals surface area contributed by atoms with Crippen molar-refractivity contribution < 1.29 is 8.81 Å². The molecule has 4 rings (SSSR count). The molecule has 0 radical (unpaired) electrons. The predicted octanol–water partition coefficient (Wildman–Crippen LogP) is 3.14. The summed E-state index contributed by atoms with van der Waals surface area (Å²) in [5.41, 5.74) is 4.32. The molecule has 1 aliphatic heterocycles. The number of aromatic amines is 1. The molecule has 0 aliphatic carbocycles. The SMILES string of the molecule is CCc1cc(CN2CCN(c3ccccc3F)CC2)cc2oc(=O)[nH]c12. The molecular formula is C20H22FN3O2. The van der Waals surface area contributed by atoms with E-state index in [0.717, 1.165) is 55.8 Å². The van der Waals surface area contributed by atoms with Crippen LogP contribution in [-0.4, -0.2) is 36.1 Å². The summed E-state index contributed by atoms with van der Waals surface area (Å²) in [4.78, 5) is 18.7. The van der Waals surface area contributed by atoms with Gasteiger partial charge in [0.05, 0.1) is 11.2 Å². The Kier molecular flexibility index (Phi) is 4.51. The molecule has 1 aromatic heterocycles. The molecule has 26 heavy (non-hydrogen) atoms. The summed E-state index contributed by atoms with van der Waals surface area (Å²) < 4.78 is 19.2. The minimum absolute atomic E-state index is 0.165. The summed E-state index contributed by atoms with van der Waals surface area (Å²) in [6.07, 6.45) is 0.834. The molecule has 2 heterocycles. The number of oxazole rings is 1. The largest absolute Gasteiger partial charge is 0.417 e. The van der Waals surface area contributed by atoms with Gasteiger partial charge in [0, 0.05) is 32.7 Å². The first kappa shape index (κ1) is 16.8. The van der Waals surface area contributed by atoms with Crippen LogP contribution in [0.1, 0.15) is 18.1 Å². The molecule has 0 atom stereocenters. The Labute approximate surface area is 151 Å². The van der Waals surface area contributed by atoms with Gasteiger partial charge in [0.25, 0.3) is 0 Å². The van der Waals surface area contributed by atoms with Gasteiger partial charge in [0.2, 0.25) is 0 Å². The zero-order valence-electron chi connectivity index (χ0n) is 14.8. The number of para-hydroxylation sites is 1. The Bertz CT molecular complexity index is 971. The van der Waals surface area contributed by atoms with Crippen LogP contribution in [0.25, 0.3) is 11.1 Å². The van der Waals surface area contributed by atoms with Gasteiger partial charge in [0.1, 0.15) is 5.82 Å². The molecule has 2 aromatic carbocycles. The topological polar surface area (TPSA) is 52.5 Å². The Morgan fingerprint density at radius 3 is 2.65 bits per heavy atom. The monoisotopic (exact) mass is 355 g/mol. The number of fused-ring (bicyclic) bond motifs is 1. The predicted molar refractivity (Wildman–Crippen MR) is 100 cm³/mol. The lowest BCUT2D eigenvalue weighted by molar-refractivity contribution is 0.249. The third-order valence-electron chi connectivity index (χ3n) is 5.03. The summed E-state index contributed by atoms with van der Waals surface area (Å²) in [5.74, 6) is -0.577. The van der Waals surface area contributed by atoms with Crippen molar-refractivity contribution in [1.82, 2.24) is 9.88 Å². The molecule has 1 N–H and O–H groups in total. The maximum atomic E-state index is 14.0. The molecular weight excluding hydrogens is 333 g/mol. The number of piperazine rings is 1. The van der Waals surface area contributed by atoms with E-state index in [-0.39, 0.29) is 5.82 Å². The molecule has 1 aliphatic rings. The minimum Gasteiger partial charge on any atom is -0.408 e. The summed E-state index contributed by atoms with van der Waals surface area (Å²) in [5, 5.41) is 0. The van der Waals surface area contributed by atoms with Gasteiger partial charge in [-0.15, -0.1) is 0 Å². The lowest BCUT2D eigenvalue weighted by Gasteiger charge is -2.36. The van der Waals surface area contributed by atoms with Crippen molar-refractivity contribution in [1.29, 1.82) is 0 Å². The third-order valence-corrected chi connectivity index (χ3v) is 5.03. The summed E-state index contributed by atoms with van der Waals surface area (Å²) >= 11 is 0. The lowest BCUT2D eigenvalue weighted by Crippen LogP contribution is -2.46. The number of aryl methyl sites for hydroxylation is 1. The number of hydrogen-bond acceptors (Lipinski definition) is 4. The second-order valence-electron chi connectivity index (χ2n) is 6.71. The highest BCUT2D eigenvalue weighted by Crippen LogP contribution is 2.23. The minimum atomic E-state index is -0.412. The van der Waals surface area contributed by atoms with Crippen molar-refractivity contribution in [3.05, 3.63) is 63.9 Å². The van der Waals surface area contributed by atoms with Crippen LogP contribution in [0.5, 0.6) is 0 Å². The number of H-pyrrole nitrogens is 1. The summed E-state index contributed by atoms with van der Waals surface area (Å²) in [7, 11) is 0. The first-order chi connectivity index (χ1) is 12.6. The van der Waals surface area contributed by atoms with E-state index in [4.69, 9.17) is 4.42 Å². The zero-order valence-corrected chi connectivity index (χ0v) is 14.8. The zero-order chi connectivity index (χ0) is 18.1. The molecule has 0 bridgehead atoms. The van der Waals surface area contributed by atoms with E-state index in [1.54, 1.807) is 6.07 Å². The van der Waals surface area contributed by atoms with E-state index in [9.17, 15) is 9.18 Å². The van der Waals surface area contributed by atoms with E-state index in [1.165, 1.54) is 6.07 Å². The molecule has 3 aromatic rings. The maximum absolute atomic E-state index is 14.0. The van der Waals surface area contributed by atoms with Crippen molar-refractivity contribution in [2.75, 3.05) is 31.1 Å². The summed E-state index contributed by atoms with van der Waals surface area (Å²) in [6, 6.07) is 11.0. The van der Waals surface area contributed by atoms with E-state index >= 15 is 0 Å². The molecule has 0 spiro atoms. The van der Waals surface area contributed by atoms with Crippen molar-refractivity contribution in [3.8, 4) is 0 Å². The smallest absolute Gasteiger partial charge is 0.408 e. The fourth-order valence-electron chi connectivity index (χ4n) is 3.67. The molecule has 1 fully saturated rings. The van der Waals surface area contributed by atoms with Gasteiger partial charge in [-0.2, -0.15) is 0 Å². The van der Waals surface area contributed by atoms with Crippen molar-refractivity contribution in [3.63, 3.8) is 0 Å². The fraction of sp³-hybridized carbons (Fsp3) is 0.350. The quantitative estimate of drug-likeness (QED) is 0.781. The number of halogens is 1. The van der Waals surface area contributed by atoms with Crippen LogP contribution in [0.4, 0.5) is 10.1 Å². The van der Waals surface area contributed by atoms with E-state index < -0.39 is 5.76 Å². The summed E-state index contributed by atoms with van der Waals surface area (Å²) in [6.45, 7) is 6.18. The molecule has 0 amide bonds. The van der Waals surface area contributed by atoms with Crippen LogP contribution >= 0.6 is 0 Å². The number of anilines is 1. The van der Waals surface area contributed by atoms with Crippen molar-refractivity contribution in [2.24, 2.45) is 0 Å². The van der Waals surface area contributed by atoms with Crippen LogP contribution in [0, 0.1) is 5.82 Å². The molecule has 6 heteroatoms. The standard InChI is InChI=1S/C20H22FN3O2/c1-2-15-11-14(12-18-19(15)22-20(25)26-18)13-23-7-9-24(10-8-23)17-6-4-3-5-16(17)21/h3-6,11-12H,2,7-10,13H2,1H3,(H,22,25). The van der Waals surface area contributed by atoms with Crippen LogP contribution in [0.15, 0.2) is 45.6 Å². The average Bonchev–Trinajstić information content (AvgIpc) is 3.02. The van der Waals surface area contributed by atoms with Gasteiger partial charge in [0.15, 0.2) is 5.58 Å². The van der Waals surface area contributed by atoms with E-state index in [1.807, 2.05) is 18.2 Å². The van der Waals surface area contributed by atoms with E-state index in [0.29, 0.717) is 11.3 Å². The normalized spacial score (nSPS) is 15.7. The van der Waals surface area contributed by atoms with Gasteiger partial charge < -0.3 is 9.32 Å². The highest BCUT2D eigenvalue weighted by atomic mass is 19.1. The highest BCUT2D eigenvalue weighted by molar-refractivity contribution is 5.77. The van der Waals surface area contributed by atoms with Gasteiger partial charge in [-0.3, -0.25) is 9.88 Å². The van der Waals surface area contributed by atoms with Gasteiger partial charge in [-0.05, 0) is 35.7 Å². The second-order valence-corrected chi connectivity index (χ2v) is 6.71. The Hall–Kier alpha value is -2.60. The van der Waals surface area contributed by atoms with Crippen LogP contribution < -0.4 is 10.7 Å². The number of rotatable bonds is 4. The third kappa shape index (κ3) is 3.24. The van der Waals surface area contributed by atoms with Crippen LogP contribution in [0.3, 0.4) is 0 Å². The Balaban J connectivity index is 1.47. The molecule has 136 valence electrons. The van der Waals surface area contributed by atoms with Crippen molar-refractivity contribution in [2.45, 2.75) is 19.9 Å². The van der Waals surface area contributed by atoms with E-state index in [2.05, 4.69) is 27.8 Å². The molecule has 1 saturated heterocycles. The molecule has 0 saturated carbocycles. The Morgan fingerprint density at radius 2 is 1.92 bits per heavy atom. The number of hydrogen-bond donors (Lipinski definition) is 1. The maximum Gasteiger partial charge on any atom is 0.417 e. The Morgan fingerprint density at radius 1 is 1.15 bits per heavy atom. The van der Waals surface area contributed by atoms with Gasteiger partial charge in [-0.1, -0.05) is 25.1 Å². The van der Waals surface area contributed by atoms with Gasteiger partial charge >= 0.3 is 5.76 Å². The molecule has 5 nitrogen and oxygen atoms in total. The number of nitrogens with one attached hydrogen (secondary N) is 1. The number of aromatic nitrogens is 1. The first-order valence-electron chi connectivity index (χ1n) is 9.00. The first-order valence-corrected chi connectivity index (χ1v) is 9.00. The fourth-order valence-corrected chi connectivity index (χ4v) is 3.67. The highest BCUT2D eigenvalue weighted by Gasteiger charge is 2.20. The number of benzene rings is 2. The average molecular weight is 355 g/mol. The lowest BCUT2D eigenvalue weighted by atomic mass is 10.1. The van der Waals surface area contributed by atoms with Crippen molar-refractivity contribution >= 4 is 16.8 Å². The van der Waals surface area contributed by atoms with Crippen LogP contribution in [0.2, 0.25) is 0 Å².